The summed E-state index contributed by atoms with van der Waals surface area (Å²) in [6, 6.07) is 11.2. The van der Waals surface area contributed by atoms with Crippen molar-refractivity contribution < 1.29 is 27.4 Å². The van der Waals surface area contributed by atoms with E-state index in [1.165, 1.54) is 12.1 Å². The second kappa shape index (κ2) is 8.93. The molecule has 8 nitrogen and oxygen atoms in total. The van der Waals surface area contributed by atoms with Crippen LogP contribution in [0.5, 0.6) is 17.2 Å². The normalized spacial score (nSPS) is 16.3. The average Bonchev–Trinajstić information content (AvgIpc) is 3.25. The zero-order chi connectivity index (χ0) is 21.0. The molecule has 1 aliphatic heterocycles. The summed E-state index contributed by atoms with van der Waals surface area (Å²) in [6.07, 6.45) is 3.85. The van der Waals surface area contributed by atoms with Crippen molar-refractivity contribution >= 4 is 21.6 Å². The molecule has 0 spiro atoms. The van der Waals surface area contributed by atoms with Crippen LogP contribution < -0.4 is 24.2 Å². The Kier molecular flexibility index (Phi) is 6.10. The lowest BCUT2D eigenvalue weighted by Crippen LogP contribution is -2.32. The summed E-state index contributed by atoms with van der Waals surface area (Å²) >= 11 is 0. The van der Waals surface area contributed by atoms with Crippen molar-refractivity contribution in [3.63, 3.8) is 0 Å². The largest absolute Gasteiger partial charge is 0.486 e. The summed E-state index contributed by atoms with van der Waals surface area (Å²) in [7, 11) is -3.55. The van der Waals surface area contributed by atoms with Gasteiger partial charge < -0.3 is 19.5 Å². The van der Waals surface area contributed by atoms with Crippen LogP contribution in [0.4, 0.5) is 5.69 Å². The first-order valence-corrected chi connectivity index (χ1v) is 11.4. The summed E-state index contributed by atoms with van der Waals surface area (Å²) in [4.78, 5) is 12.3. The highest BCUT2D eigenvalue weighted by molar-refractivity contribution is 7.89. The van der Waals surface area contributed by atoms with E-state index in [1.807, 2.05) is 0 Å². The van der Waals surface area contributed by atoms with Crippen LogP contribution in [0.3, 0.4) is 0 Å². The molecule has 2 aromatic rings. The number of hydrogen-bond donors (Lipinski definition) is 2. The van der Waals surface area contributed by atoms with E-state index >= 15 is 0 Å². The maximum Gasteiger partial charge on any atom is 0.262 e. The molecule has 1 heterocycles. The number of ether oxygens (including phenoxy) is 3. The molecule has 0 saturated heterocycles. The summed E-state index contributed by atoms with van der Waals surface area (Å²) in [5.41, 5.74) is 0.576. The fraction of sp³-hybridized carbons (Fsp3) is 0.381. The SMILES string of the molecule is O=C(COc1ccc(S(=O)(=O)NC2CCCC2)cc1)Nc1ccc2c(c1)OCCO2. The van der Waals surface area contributed by atoms with Crippen LogP contribution in [0.25, 0.3) is 0 Å². The van der Waals surface area contributed by atoms with E-state index in [0.29, 0.717) is 36.1 Å². The highest BCUT2D eigenvalue weighted by Gasteiger charge is 2.22. The van der Waals surface area contributed by atoms with E-state index in [9.17, 15) is 13.2 Å². The zero-order valence-electron chi connectivity index (χ0n) is 16.4. The van der Waals surface area contributed by atoms with E-state index in [4.69, 9.17) is 14.2 Å². The van der Waals surface area contributed by atoms with E-state index in [2.05, 4.69) is 10.0 Å². The van der Waals surface area contributed by atoms with Crippen LogP contribution in [0.15, 0.2) is 47.4 Å². The molecule has 2 N–H and O–H groups in total. The summed E-state index contributed by atoms with van der Waals surface area (Å²) in [5.74, 6) is 1.30. The van der Waals surface area contributed by atoms with Gasteiger partial charge in [0.1, 0.15) is 19.0 Å². The number of rotatable bonds is 7. The van der Waals surface area contributed by atoms with Gasteiger partial charge in [0.25, 0.3) is 5.91 Å². The Bertz CT molecular complexity index is 1000. The number of amides is 1. The molecule has 2 aromatic carbocycles. The van der Waals surface area contributed by atoms with Crippen LogP contribution in [0, 0.1) is 0 Å². The molecule has 0 aromatic heterocycles. The van der Waals surface area contributed by atoms with Gasteiger partial charge in [0, 0.05) is 17.8 Å². The minimum Gasteiger partial charge on any atom is -0.486 e. The number of hydrogen-bond acceptors (Lipinski definition) is 6. The van der Waals surface area contributed by atoms with Crippen molar-refractivity contribution in [1.29, 1.82) is 0 Å². The van der Waals surface area contributed by atoms with Gasteiger partial charge >= 0.3 is 0 Å². The third-order valence-corrected chi connectivity index (χ3v) is 6.54. The quantitative estimate of drug-likeness (QED) is 0.697. The second-order valence-electron chi connectivity index (χ2n) is 7.27. The first-order chi connectivity index (χ1) is 14.5. The third kappa shape index (κ3) is 5.03. The van der Waals surface area contributed by atoms with Crippen molar-refractivity contribution in [2.45, 2.75) is 36.6 Å². The van der Waals surface area contributed by atoms with E-state index in [-0.39, 0.29) is 23.5 Å². The first-order valence-electron chi connectivity index (χ1n) is 9.94. The van der Waals surface area contributed by atoms with Gasteiger partial charge in [-0.15, -0.1) is 0 Å². The van der Waals surface area contributed by atoms with E-state index in [1.54, 1.807) is 30.3 Å². The fourth-order valence-corrected chi connectivity index (χ4v) is 4.82. The fourth-order valence-electron chi connectivity index (χ4n) is 3.51. The number of fused-ring (bicyclic) bond motifs is 1. The lowest BCUT2D eigenvalue weighted by Gasteiger charge is -2.19. The molecule has 1 saturated carbocycles. The molecular weight excluding hydrogens is 408 g/mol. The Labute approximate surface area is 175 Å². The van der Waals surface area contributed by atoms with Crippen LogP contribution in [0.1, 0.15) is 25.7 Å². The van der Waals surface area contributed by atoms with Crippen molar-refractivity contribution in [3.8, 4) is 17.2 Å². The van der Waals surface area contributed by atoms with Gasteiger partial charge in [-0.25, -0.2) is 13.1 Å². The molecule has 4 rings (SSSR count). The van der Waals surface area contributed by atoms with Crippen molar-refractivity contribution in [1.82, 2.24) is 4.72 Å². The number of carbonyl (C=O) groups is 1. The maximum atomic E-state index is 12.4. The summed E-state index contributed by atoms with van der Waals surface area (Å²) in [5, 5.41) is 2.73. The van der Waals surface area contributed by atoms with Gasteiger partial charge in [0.2, 0.25) is 10.0 Å². The molecule has 1 aliphatic carbocycles. The zero-order valence-corrected chi connectivity index (χ0v) is 17.2. The molecule has 9 heteroatoms. The number of sulfonamides is 1. The van der Waals surface area contributed by atoms with Gasteiger partial charge in [-0.1, -0.05) is 12.8 Å². The van der Waals surface area contributed by atoms with Crippen LogP contribution in [0.2, 0.25) is 0 Å². The number of carbonyl (C=O) groups excluding carboxylic acids is 1. The molecule has 0 unspecified atom stereocenters. The lowest BCUT2D eigenvalue weighted by molar-refractivity contribution is -0.118. The first kappa shape index (κ1) is 20.5. The van der Waals surface area contributed by atoms with Gasteiger partial charge in [-0.3, -0.25) is 4.79 Å². The maximum absolute atomic E-state index is 12.4. The summed E-state index contributed by atoms with van der Waals surface area (Å²) < 4.78 is 44.0. The Morgan fingerprint density at radius 1 is 1.00 bits per heavy atom. The Balaban J connectivity index is 1.30. The van der Waals surface area contributed by atoms with Crippen molar-refractivity contribution in [2.75, 3.05) is 25.1 Å². The van der Waals surface area contributed by atoms with E-state index < -0.39 is 10.0 Å². The molecule has 2 aliphatic rings. The minimum absolute atomic E-state index is 0.00943. The Morgan fingerprint density at radius 3 is 2.43 bits per heavy atom. The Hall–Kier alpha value is -2.78. The highest BCUT2D eigenvalue weighted by Crippen LogP contribution is 2.32. The number of nitrogens with one attached hydrogen (secondary N) is 2. The predicted octanol–water partition coefficient (Wildman–Crippen LogP) is 2.70. The van der Waals surface area contributed by atoms with Crippen LogP contribution in [-0.4, -0.2) is 40.2 Å². The number of benzene rings is 2. The Morgan fingerprint density at radius 2 is 1.70 bits per heavy atom. The topological polar surface area (TPSA) is 103 Å². The molecule has 0 bridgehead atoms. The predicted molar refractivity (Wildman–Crippen MR) is 111 cm³/mol. The molecule has 1 fully saturated rings. The molecule has 0 atom stereocenters. The second-order valence-corrected chi connectivity index (χ2v) is 8.98. The molecule has 160 valence electrons. The monoisotopic (exact) mass is 432 g/mol. The highest BCUT2D eigenvalue weighted by atomic mass is 32.2. The van der Waals surface area contributed by atoms with Gasteiger partial charge in [0.15, 0.2) is 18.1 Å². The minimum atomic E-state index is -3.55. The molecule has 0 radical (unpaired) electrons. The smallest absolute Gasteiger partial charge is 0.262 e. The lowest BCUT2D eigenvalue weighted by atomic mass is 10.2. The van der Waals surface area contributed by atoms with Gasteiger partial charge in [-0.2, -0.15) is 0 Å². The van der Waals surface area contributed by atoms with Gasteiger partial charge in [0.05, 0.1) is 4.90 Å². The molecule has 30 heavy (non-hydrogen) atoms. The van der Waals surface area contributed by atoms with Crippen LogP contribution in [-0.2, 0) is 14.8 Å². The van der Waals surface area contributed by atoms with E-state index in [0.717, 1.165) is 25.7 Å². The van der Waals surface area contributed by atoms with Crippen molar-refractivity contribution in [3.05, 3.63) is 42.5 Å². The number of anilines is 1. The molecule has 1 amide bonds. The van der Waals surface area contributed by atoms with Crippen molar-refractivity contribution in [2.24, 2.45) is 0 Å². The van der Waals surface area contributed by atoms with Crippen LogP contribution >= 0.6 is 0 Å². The molecular formula is C21H24N2O6S. The summed E-state index contributed by atoms with van der Waals surface area (Å²) in [6.45, 7) is 0.763. The average molecular weight is 432 g/mol. The standard InChI is InChI=1S/C21H24N2O6S/c24-21(22-16-5-10-19-20(13-16)28-12-11-27-19)14-29-17-6-8-18(9-7-17)30(25,26)23-15-3-1-2-4-15/h5-10,13,15,23H,1-4,11-12,14H2,(H,22,24). The van der Waals surface area contributed by atoms with Gasteiger partial charge in [-0.05, 0) is 49.2 Å². The third-order valence-electron chi connectivity index (χ3n) is 5.01.